The molecule has 1 rings (SSSR count). The molecule has 102 valence electrons. The first-order chi connectivity index (χ1) is 9.12. The Labute approximate surface area is 118 Å². The van der Waals surface area contributed by atoms with Gasteiger partial charge in [0.15, 0.2) is 0 Å². The van der Waals surface area contributed by atoms with Gasteiger partial charge >= 0.3 is 0 Å². The van der Waals surface area contributed by atoms with Crippen LogP contribution in [0.15, 0.2) is 66.5 Å². The minimum absolute atomic E-state index is 0.0212. The van der Waals surface area contributed by atoms with Crippen molar-refractivity contribution in [3.05, 3.63) is 72.0 Å². The molecule has 2 heteroatoms. The third-order valence-corrected chi connectivity index (χ3v) is 3.48. The summed E-state index contributed by atoms with van der Waals surface area (Å²) in [5, 5.41) is 0. The Morgan fingerprint density at radius 3 is 2.47 bits per heavy atom. The van der Waals surface area contributed by atoms with Gasteiger partial charge in [-0.05, 0) is 30.8 Å². The SMILES string of the molecule is C\C=C/C(=C\C=C\OPC)C(C)(C)c1ccccc1. The summed E-state index contributed by atoms with van der Waals surface area (Å²) < 4.78 is 5.26. The summed E-state index contributed by atoms with van der Waals surface area (Å²) in [7, 11) is 0.488. The molecule has 1 unspecified atom stereocenters. The maximum Gasteiger partial charge on any atom is 0.0865 e. The molecule has 0 N–H and O–H groups in total. The molecule has 0 spiro atoms. The highest BCUT2D eigenvalue weighted by molar-refractivity contribution is 7.31. The van der Waals surface area contributed by atoms with E-state index in [0.717, 1.165) is 0 Å². The highest BCUT2D eigenvalue weighted by Gasteiger charge is 2.23. The molecule has 1 aromatic rings. The van der Waals surface area contributed by atoms with E-state index in [1.54, 1.807) is 6.26 Å². The molecule has 1 nitrogen and oxygen atoms in total. The molecule has 1 aromatic carbocycles. The Hall–Kier alpha value is -1.33. The van der Waals surface area contributed by atoms with Gasteiger partial charge in [-0.15, -0.1) is 0 Å². The van der Waals surface area contributed by atoms with E-state index in [9.17, 15) is 0 Å². The fourth-order valence-electron chi connectivity index (χ4n) is 1.92. The second kappa shape index (κ2) is 7.96. The lowest BCUT2D eigenvalue weighted by atomic mass is 9.77. The maximum atomic E-state index is 5.26. The highest BCUT2D eigenvalue weighted by atomic mass is 31.1. The Bertz CT molecular complexity index is 455. The van der Waals surface area contributed by atoms with Crippen LogP contribution in [0, 0.1) is 0 Å². The van der Waals surface area contributed by atoms with Crippen LogP contribution < -0.4 is 0 Å². The molecule has 0 aliphatic heterocycles. The molecule has 0 fully saturated rings. The minimum atomic E-state index is -0.0212. The molecule has 0 heterocycles. The smallest absolute Gasteiger partial charge is 0.0865 e. The quantitative estimate of drug-likeness (QED) is 0.392. The van der Waals surface area contributed by atoms with Crippen LogP contribution in [0.3, 0.4) is 0 Å². The van der Waals surface area contributed by atoms with Gasteiger partial charge in [0.1, 0.15) is 0 Å². The molecule has 0 saturated carbocycles. The van der Waals surface area contributed by atoms with E-state index in [2.05, 4.69) is 62.4 Å². The van der Waals surface area contributed by atoms with E-state index in [-0.39, 0.29) is 5.41 Å². The number of allylic oxidation sites excluding steroid dienone is 5. The van der Waals surface area contributed by atoms with Crippen LogP contribution >= 0.6 is 8.81 Å². The summed E-state index contributed by atoms with van der Waals surface area (Å²) in [6, 6.07) is 10.6. The van der Waals surface area contributed by atoms with Crippen molar-refractivity contribution in [2.24, 2.45) is 0 Å². The number of hydrogen-bond acceptors (Lipinski definition) is 1. The third kappa shape index (κ3) is 4.69. The molecule has 1 atom stereocenters. The van der Waals surface area contributed by atoms with Crippen LogP contribution in [0.2, 0.25) is 0 Å². The van der Waals surface area contributed by atoms with Gasteiger partial charge in [0, 0.05) is 5.41 Å². The minimum Gasteiger partial charge on any atom is -0.485 e. The lowest BCUT2D eigenvalue weighted by Crippen LogP contribution is -2.19. The Morgan fingerprint density at radius 2 is 1.89 bits per heavy atom. The Balaban J connectivity index is 3.04. The first-order valence-corrected chi connectivity index (χ1v) is 7.91. The van der Waals surface area contributed by atoms with Crippen molar-refractivity contribution >= 4 is 8.81 Å². The van der Waals surface area contributed by atoms with Gasteiger partial charge < -0.3 is 4.52 Å². The number of benzene rings is 1. The average molecular weight is 274 g/mol. The van der Waals surface area contributed by atoms with Gasteiger partial charge in [-0.1, -0.05) is 62.4 Å². The largest absolute Gasteiger partial charge is 0.485 e. The summed E-state index contributed by atoms with van der Waals surface area (Å²) in [5.74, 6) is 0. The van der Waals surface area contributed by atoms with Crippen molar-refractivity contribution < 1.29 is 4.52 Å². The molecular formula is C17H23OP. The topological polar surface area (TPSA) is 9.23 Å². The fourth-order valence-corrected chi connectivity index (χ4v) is 2.14. The Kier molecular flexibility index (Phi) is 6.59. The summed E-state index contributed by atoms with van der Waals surface area (Å²) in [4.78, 5) is 0. The van der Waals surface area contributed by atoms with Crippen LogP contribution in [0.25, 0.3) is 0 Å². The van der Waals surface area contributed by atoms with E-state index >= 15 is 0 Å². The Morgan fingerprint density at radius 1 is 1.21 bits per heavy atom. The molecule has 0 radical (unpaired) electrons. The molecule has 0 saturated heterocycles. The van der Waals surface area contributed by atoms with Crippen LogP contribution in [0.1, 0.15) is 26.3 Å². The number of rotatable bonds is 6. The zero-order valence-electron chi connectivity index (χ0n) is 12.2. The van der Waals surface area contributed by atoms with E-state index in [1.165, 1.54) is 11.1 Å². The van der Waals surface area contributed by atoms with E-state index < -0.39 is 0 Å². The standard InChI is InChI=1S/C17H23OP/c1-5-10-15(13-9-14-18-19-4)17(2,3)16-11-7-6-8-12-16/h5-14,19H,1-4H3/b10-5-,14-9+,15-13+. The molecule has 0 aliphatic rings. The molecule has 19 heavy (non-hydrogen) atoms. The first-order valence-electron chi connectivity index (χ1n) is 6.51. The van der Waals surface area contributed by atoms with Crippen molar-refractivity contribution in [2.45, 2.75) is 26.2 Å². The molecule has 0 aromatic heterocycles. The van der Waals surface area contributed by atoms with E-state index in [1.807, 2.05) is 19.7 Å². The predicted molar refractivity (Wildman–Crippen MR) is 86.8 cm³/mol. The van der Waals surface area contributed by atoms with Gasteiger partial charge in [0.05, 0.1) is 15.1 Å². The van der Waals surface area contributed by atoms with Gasteiger partial charge in [-0.25, -0.2) is 0 Å². The monoisotopic (exact) mass is 274 g/mol. The van der Waals surface area contributed by atoms with Crippen LogP contribution in [0.4, 0.5) is 0 Å². The second-order valence-electron chi connectivity index (χ2n) is 4.76. The predicted octanol–water partition coefficient (Wildman–Crippen LogP) is 5.22. The highest BCUT2D eigenvalue weighted by Crippen LogP contribution is 2.32. The molecule has 0 aliphatic carbocycles. The zero-order valence-corrected chi connectivity index (χ0v) is 13.2. The molecule has 0 amide bonds. The number of hydrogen-bond donors (Lipinski definition) is 0. The van der Waals surface area contributed by atoms with Gasteiger partial charge in [-0.3, -0.25) is 0 Å². The van der Waals surface area contributed by atoms with Crippen molar-refractivity contribution in [1.82, 2.24) is 0 Å². The lowest BCUT2D eigenvalue weighted by Gasteiger charge is -2.27. The van der Waals surface area contributed by atoms with Gasteiger partial charge in [0.2, 0.25) is 0 Å². The van der Waals surface area contributed by atoms with Crippen LogP contribution in [-0.2, 0) is 9.94 Å². The van der Waals surface area contributed by atoms with Gasteiger partial charge in [-0.2, -0.15) is 0 Å². The van der Waals surface area contributed by atoms with Crippen molar-refractivity contribution in [1.29, 1.82) is 0 Å². The van der Waals surface area contributed by atoms with E-state index in [4.69, 9.17) is 4.52 Å². The third-order valence-electron chi connectivity index (χ3n) is 3.10. The summed E-state index contributed by atoms with van der Waals surface area (Å²) in [6.45, 7) is 8.53. The van der Waals surface area contributed by atoms with Crippen molar-refractivity contribution in [3.8, 4) is 0 Å². The molecule has 0 bridgehead atoms. The molecular weight excluding hydrogens is 251 g/mol. The van der Waals surface area contributed by atoms with E-state index in [0.29, 0.717) is 8.81 Å². The maximum absolute atomic E-state index is 5.26. The normalized spacial score (nSPS) is 14.0. The average Bonchev–Trinajstić information content (AvgIpc) is 2.43. The summed E-state index contributed by atoms with van der Waals surface area (Å²) in [5.41, 5.74) is 2.55. The van der Waals surface area contributed by atoms with Crippen LogP contribution in [0.5, 0.6) is 0 Å². The fraction of sp³-hybridized carbons (Fsp3) is 0.294. The second-order valence-corrected chi connectivity index (χ2v) is 5.41. The van der Waals surface area contributed by atoms with Crippen LogP contribution in [-0.4, -0.2) is 6.66 Å². The van der Waals surface area contributed by atoms with Gasteiger partial charge in [0.25, 0.3) is 0 Å². The van der Waals surface area contributed by atoms with Crippen molar-refractivity contribution in [3.63, 3.8) is 0 Å². The summed E-state index contributed by atoms with van der Waals surface area (Å²) in [6.07, 6.45) is 10.1. The summed E-state index contributed by atoms with van der Waals surface area (Å²) >= 11 is 0. The lowest BCUT2D eigenvalue weighted by molar-refractivity contribution is 0.554. The van der Waals surface area contributed by atoms with Crippen molar-refractivity contribution in [2.75, 3.05) is 6.66 Å². The zero-order chi connectivity index (χ0) is 14.1. The first kappa shape index (κ1) is 15.7.